The lowest BCUT2D eigenvalue weighted by Crippen LogP contribution is -2.52. The van der Waals surface area contributed by atoms with Crippen molar-refractivity contribution in [1.82, 2.24) is 4.90 Å². The van der Waals surface area contributed by atoms with E-state index in [1.165, 1.54) is 25.7 Å². The number of azide groups is 1. The molecule has 1 aliphatic carbocycles. The minimum absolute atomic E-state index is 0.0162. The normalized spacial score (nSPS) is 22.3. The molecule has 0 unspecified atom stereocenters. The van der Waals surface area contributed by atoms with E-state index in [4.69, 9.17) is 5.53 Å². The second kappa shape index (κ2) is 4.53. The average Bonchev–Trinajstić information content (AvgIpc) is 2.62. The van der Waals surface area contributed by atoms with Crippen molar-refractivity contribution in [3.8, 4) is 0 Å². The van der Waals surface area contributed by atoms with Gasteiger partial charge in [0.25, 0.3) is 0 Å². The number of likely N-dealkylation sites (tertiary alicyclic amines) is 1. The summed E-state index contributed by atoms with van der Waals surface area (Å²) in [7, 11) is 0. The first-order valence-electron chi connectivity index (χ1n) is 5.61. The zero-order chi connectivity index (χ0) is 10.7. The van der Waals surface area contributed by atoms with E-state index in [1.807, 2.05) is 0 Å². The first-order valence-corrected chi connectivity index (χ1v) is 5.61. The van der Waals surface area contributed by atoms with Gasteiger partial charge in [-0.2, -0.15) is 0 Å². The lowest BCUT2D eigenvalue weighted by Gasteiger charge is -2.37. The van der Waals surface area contributed by atoms with Crippen LogP contribution in [0.1, 0.15) is 32.1 Å². The lowest BCUT2D eigenvalue weighted by molar-refractivity contribution is -0.136. The number of rotatable bonds is 3. The highest BCUT2D eigenvalue weighted by atomic mass is 16.2. The molecular formula is C10H16N4O. The summed E-state index contributed by atoms with van der Waals surface area (Å²) >= 11 is 0. The molecule has 2 fully saturated rings. The Kier molecular flexibility index (Phi) is 3.11. The molecule has 1 saturated carbocycles. The molecule has 0 aromatic rings. The van der Waals surface area contributed by atoms with Crippen LogP contribution in [0.5, 0.6) is 0 Å². The van der Waals surface area contributed by atoms with Crippen LogP contribution in [0.2, 0.25) is 0 Å². The molecule has 1 saturated heterocycles. The fraction of sp³-hybridized carbons (Fsp3) is 0.900. The summed E-state index contributed by atoms with van der Waals surface area (Å²) < 4.78 is 0. The zero-order valence-electron chi connectivity index (χ0n) is 8.80. The molecule has 82 valence electrons. The van der Waals surface area contributed by atoms with Crippen LogP contribution in [0.15, 0.2) is 5.11 Å². The number of nitrogens with zero attached hydrogens (tertiary/aromatic N) is 4. The molecule has 5 nitrogen and oxygen atoms in total. The van der Waals surface area contributed by atoms with E-state index in [2.05, 4.69) is 10.0 Å². The second-order valence-corrected chi connectivity index (χ2v) is 4.51. The van der Waals surface area contributed by atoms with E-state index in [0.29, 0.717) is 25.4 Å². The Morgan fingerprint density at radius 2 is 2.07 bits per heavy atom. The van der Waals surface area contributed by atoms with Gasteiger partial charge in [0, 0.05) is 24.4 Å². The van der Waals surface area contributed by atoms with Gasteiger partial charge in [0.05, 0.1) is 6.04 Å². The van der Waals surface area contributed by atoms with Gasteiger partial charge in [0.2, 0.25) is 5.91 Å². The molecule has 0 radical (unpaired) electrons. The SMILES string of the molecule is [N-]=[N+]=NC1CN(C(=O)CC2CCCC2)C1. The minimum Gasteiger partial charge on any atom is -0.342 e. The highest BCUT2D eigenvalue weighted by Gasteiger charge is 2.31. The molecule has 0 bridgehead atoms. The number of amides is 1. The summed E-state index contributed by atoms with van der Waals surface area (Å²) in [6.07, 6.45) is 5.67. The van der Waals surface area contributed by atoms with Crippen LogP contribution < -0.4 is 0 Å². The van der Waals surface area contributed by atoms with E-state index in [9.17, 15) is 4.79 Å². The van der Waals surface area contributed by atoms with Crippen LogP contribution in [0, 0.1) is 5.92 Å². The van der Waals surface area contributed by atoms with Crippen molar-refractivity contribution in [3.05, 3.63) is 10.4 Å². The van der Waals surface area contributed by atoms with Gasteiger partial charge in [0.1, 0.15) is 0 Å². The van der Waals surface area contributed by atoms with Crippen molar-refractivity contribution in [2.75, 3.05) is 13.1 Å². The molecule has 0 atom stereocenters. The number of hydrogen-bond donors (Lipinski definition) is 0. The van der Waals surface area contributed by atoms with Crippen LogP contribution >= 0.6 is 0 Å². The lowest BCUT2D eigenvalue weighted by atomic mass is 10.0. The average molecular weight is 208 g/mol. The molecule has 1 aliphatic heterocycles. The predicted octanol–water partition coefficient (Wildman–Crippen LogP) is 2.09. The Balaban J connectivity index is 1.71. The highest BCUT2D eigenvalue weighted by Crippen LogP contribution is 2.28. The summed E-state index contributed by atoms with van der Waals surface area (Å²) in [6, 6.07) is 0.0162. The maximum atomic E-state index is 11.7. The molecule has 2 rings (SSSR count). The fourth-order valence-corrected chi connectivity index (χ4v) is 2.40. The second-order valence-electron chi connectivity index (χ2n) is 4.51. The molecular weight excluding hydrogens is 192 g/mol. The van der Waals surface area contributed by atoms with Gasteiger partial charge < -0.3 is 4.90 Å². The van der Waals surface area contributed by atoms with Crippen molar-refractivity contribution < 1.29 is 4.79 Å². The molecule has 0 N–H and O–H groups in total. The van der Waals surface area contributed by atoms with Crippen LogP contribution in [0.3, 0.4) is 0 Å². The Hall–Kier alpha value is -1.22. The quantitative estimate of drug-likeness (QED) is 0.397. The smallest absolute Gasteiger partial charge is 0.222 e. The van der Waals surface area contributed by atoms with E-state index in [-0.39, 0.29) is 11.9 Å². The molecule has 0 aromatic carbocycles. The van der Waals surface area contributed by atoms with Gasteiger partial charge in [-0.1, -0.05) is 18.0 Å². The van der Waals surface area contributed by atoms with Crippen molar-refractivity contribution in [3.63, 3.8) is 0 Å². The Bertz CT molecular complexity index is 286. The standard InChI is InChI=1S/C10H16N4O/c11-13-12-9-6-14(7-9)10(15)5-8-3-1-2-4-8/h8-9H,1-7H2. The molecule has 1 amide bonds. The summed E-state index contributed by atoms with van der Waals surface area (Å²) in [5.74, 6) is 0.849. The Morgan fingerprint density at radius 1 is 1.40 bits per heavy atom. The number of carbonyl (C=O) groups is 1. The van der Waals surface area contributed by atoms with Gasteiger partial charge >= 0.3 is 0 Å². The molecule has 5 heteroatoms. The predicted molar refractivity (Wildman–Crippen MR) is 56.1 cm³/mol. The molecule has 1 heterocycles. The molecule has 15 heavy (non-hydrogen) atoms. The van der Waals surface area contributed by atoms with Crippen LogP contribution in [0.4, 0.5) is 0 Å². The highest BCUT2D eigenvalue weighted by molar-refractivity contribution is 5.77. The maximum Gasteiger partial charge on any atom is 0.222 e. The topological polar surface area (TPSA) is 69.1 Å². The van der Waals surface area contributed by atoms with Crippen molar-refractivity contribution >= 4 is 5.91 Å². The number of hydrogen-bond acceptors (Lipinski definition) is 2. The molecule has 2 aliphatic rings. The van der Waals surface area contributed by atoms with Gasteiger partial charge in [-0.3, -0.25) is 4.79 Å². The van der Waals surface area contributed by atoms with Gasteiger partial charge in [0.15, 0.2) is 0 Å². The van der Waals surface area contributed by atoms with Gasteiger partial charge in [-0.15, -0.1) is 0 Å². The van der Waals surface area contributed by atoms with E-state index >= 15 is 0 Å². The third-order valence-electron chi connectivity index (χ3n) is 3.37. The maximum absolute atomic E-state index is 11.7. The molecule has 0 aromatic heterocycles. The zero-order valence-corrected chi connectivity index (χ0v) is 8.80. The van der Waals surface area contributed by atoms with Gasteiger partial charge in [-0.25, -0.2) is 0 Å². The monoisotopic (exact) mass is 208 g/mol. The fourth-order valence-electron chi connectivity index (χ4n) is 2.40. The Morgan fingerprint density at radius 3 is 2.67 bits per heavy atom. The molecule has 0 spiro atoms. The van der Waals surface area contributed by atoms with Crippen molar-refractivity contribution in [2.45, 2.75) is 38.1 Å². The van der Waals surface area contributed by atoms with E-state index in [0.717, 1.165) is 0 Å². The first-order chi connectivity index (χ1) is 7.29. The van der Waals surface area contributed by atoms with E-state index in [1.54, 1.807) is 4.90 Å². The largest absolute Gasteiger partial charge is 0.342 e. The third kappa shape index (κ3) is 2.42. The third-order valence-corrected chi connectivity index (χ3v) is 3.37. The summed E-state index contributed by atoms with van der Waals surface area (Å²) in [6.45, 7) is 1.24. The van der Waals surface area contributed by atoms with E-state index < -0.39 is 0 Å². The van der Waals surface area contributed by atoms with Crippen molar-refractivity contribution in [1.29, 1.82) is 0 Å². The van der Waals surface area contributed by atoms with Crippen LogP contribution in [0.25, 0.3) is 10.4 Å². The minimum atomic E-state index is 0.0162. The van der Waals surface area contributed by atoms with Crippen LogP contribution in [-0.2, 0) is 4.79 Å². The van der Waals surface area contributed by atoms with Gasteiger partial charge in [-0.05, 0) is 24.3 Å². The summed E-state index contributed by atoms with van der Waals surface area (Å²) in [5.41, 5.74) is 8.21. The first kappa shape index (κ1) is 10.3. The summed E-state index contributed by atoms with van der Waals surface area (Å²) in [4.78, 5) is 16.3. The Labute approximate surface area is 89.1 Å². The summed E-state index contributed by atoms with van der Waals surface area (Å²) in [5, 5.41) is 3.58. The van der Waals surface area contributed by atoms with Crippen LogP contribution in [-0.4, -0.2) is 29.9 Å². The van der Waals surface area contributed by atoms with Crippen molar-refractivity contribution in [2.24, 2.45) is 11.0 Å². The number of carbonyl (C=O) groups excluding carboxylic acids is 1.